The summed E-state index contributed by atoms with van der Waals surface area (Å²) in [5.74, 6) is 0.887. The summed E-state index contributed by atoms with van der Waals surface area (Å²) < 4.78 is 11.2. The molecule has 1 aromatic carbocycles. The van der Waals surface area contributed by atoms with E-state index in [1.165, 1.54) is 0 Å². The van der Waals surface area contributed by atoms with Crippen LogP contribution in [0.5, 0.6) is 5.75 Å². The first kappa shape index (κ1) is 14.0. The molecule has 96 valence electrons. The molecule has 0 amide bonds. The molecule has 1 aromatic rings. The van der Waals surface area contributed by atoms with Gasteiger partial charge in [-0.05, 0) is 45.4 Å². The van der Waals surface area contributed by atoms with E-state index in [4.69, 9.17) is 15.2 Å². The Morgan fingerprint density at radius 1 is 1.24 bits per heavy atom. The van der Waals surface area contributed by atoms with Gasteiger partial charge in [0.05, 0.1) is 19.3 Å². The Morgan fingerprint density at radius 3 is 2.47 bits per heavy atom. The van der Waals surface area contributed by atoms with Crippen LogP contribution in [0.1, 0.15) is 44.9 Å². The molecule has 17 heavy (non-hydrogen) atoms. The van der Waals surface area contributed by atoms with E-state index in [9.17, 15) is 0 Å². The maximum absolute atomic E-state index is 5.88. The van der Waals surface area contributed by atoms with Gasteiger partial charge in [0.25, 0.3) is 0 Å². The van der Waals surface area contributed by atoms with Crippen molar-refractivity contribution in [2.45, 2.75) is 46.4 Å². The second-order valence-electron chi connectivity index (χ2n) is 4.45. The summed E-state index contributed by atoms with van der Waals surface area (Å²) >= 11 is 0. The molecule has 0 spiro atoms. The Morgan fingerprint density at radius 2 is 1.94 bits per heavy atom. The molecule has 0 heterocycles. The van der Waals surface area contributed by atoms with Crippen LogP contribution >= 0.6 is 0 Å². The Balaban J connectivity index is 2.90. The number of benzene rings is 1. The van der Waals surface area contributed by atoms with Gasteiger partial charge in [-0.25, -0.2) is 0 Å². The summed E-state index contributed by atoms with van der Waals surface area (Å²) in [6.45, 7) is 9.22. The zero-order chi connectivity index (χ0) is 12.8. The quantitative estimate of drug-likeness (QED) is 0.827. The second kappa shape index (κ2) is 6.62. The molecule has 3 heteroatoms. The number of ether oxygens (including phenoxy) is 2. The smallest absolute Gasteiger partial charge is 0.124 e. The van der Waals surface area contributed by atoms with Crippen molar-refractivity contribution in [3.05, 3.63) is 29.3 Å². The van der Waals surface area contributed by atoms with E-state index in [2.05, 4.69) is 6.07 Å². The molecule has 0 bridgehead atoms. The summed E-state index contributed by atoms with van der Waals surface area (Å²) in [4.78, 5) is 0. The number of nitrogens with two attached hydrogens (primary N) is 1. The SMILES string of the molecule is CCOc1ccc(C(C)N)cc1COC(C)C. The van der Waals surface area contributed by atoms with Gasteiger partial charge in [0.2, 0.25) is 0 Å². The highest BCUT2D eigenvalue weighted by atomic mass is 16.5. The van der Waals surface area contributed by atoms with E-state index < -0.39 is 0 Å². The summed E-state index contributed by atoms with van der Waals surface area (Å²) in [6, 6.07) is 6.08. The second-order valence-corrected chi connectivity index (χ2v) is 4.45. The summed E-state index contributed by atoms with van der Waals surface area (Å²) in [6.07, 6.45) is 0.212. The van der Waals surface area contributed by atoms with Crippen LogP contribution in [-0.4, -0.2) is 12.7 Å². The fraction of sp³-hybridized carbons (Fsp3) is 0.571. The Labute approximate surface area is 104 Å². The lowest BCUT2D eigenvalue weighted by Gasteiger charge is -2.15. The van der Waals surface area contributed by atoms with Gasteiger partial charge in [-0.15, -0.1) is 0 Å². The standard InChI is InChI=1S/C14H23NO2/c1-5-16-14-7-6-12(11(4)15)8-13(14)9-17-10(2)3/h6-8,10-11H,5,9,15H2,1-4H3. The zero-order valence-electron chi connectivity index (χ0n) is 11.2. The van der Waals surface area contributed by atoms with Crippen molar-refractivity contribution in [3.8, 4) is 5.75 Å². The van der Waals surface area contributed by atoms with Gasteiger partial charge in [0, 0.05) is 11.6 Å². The zero-order valence-corrected chi connectivity index (χ0v) is 11.2. The largest absolute Gasteiger partial charge is 0.494 e. The highest BCUT2D eigenvalue weighted by Crippen LogP contribution is 2.24. The molecule has 1 rings (SSSR count). The van der Waals surface area contributed by atoms with Gasteiger partial charge in [0.15, 0.2) is 0 Å². The van der Waals surface area contributed by atoms with Crippen LogP contribution in [0.2, 0.25) is 0 Å². The van der Waals surface area contributed by atoms with Gasteiger partial charge < -0.3 is 15.2 Å². The van der Waals surface area contributed by atoms with Crippen LogP contribution < -0.4 is 10.5 Å². The van der Waals surface area contributed by atoms with Crippen molar-refractivity contribution in [3.63, 3.8) is 0 Å². The van der Waals surface area contributed by atoms with E-state index >= 15 is 0 Å². The van der Waals surface area contributed by atoms with E-state index in [1.807, 2.05) is 39.8 Å². The first-order valence-corrected chi connectivity index (χ1v) is 6.17. The molecular formula is C14H23NO2. The van der Waals surface area contributed by atoms with Crippen molar-refractivity contribution in [2.24, 2.45) is 5.73 Å². The first-order chi connectivity index (χ1) is 8.04. The van der Waals surface area contributed by atoms with Crippen molar-refractivity contribution in [2.75, 3.05) is 6.61 Å². The number of rotatable bonds is 6. The fourth-order valence-electron chi connectivity index (χ4n) is 1.55. The molecular weight excluding hydrogens is 214 g/mol. The molecule has 0 radical (unpaired) electrons. The molecule has 1 atom stereocenters. The minimum Gasteiger partial charge on any atom is -0.494 e. The maximum atomic E-state index is 5.88. The molecule has 0 saturated heterocycles. The third kappa shape index (κ3) is 4.36. The Bertz CT molecular complexity index is 348. The van der Waals surface area contributed by atoms with E-state index in [0.29, 0.717) is 13.2 Å². The molecule has 0 aliphatic heterocycles. The van der Waals surface area contributed by atoms with Crippen LogP contribution in [-0.2, 0) is 11.3 Å². The monoisotopic (exact) mass is 237 g/mol. The molecule has 0 fully saturated rings. The van der Waals surface area contributed by atoms with Crippen molar-refractivity contribution < 1.29 is 9.47 Å². The van der Waals surface area contributed by atoms with Crippen LogP contribution in [0.4, 0.5) is 0 Å². The lowest BCUT2D eigenvalue weighted by Crippen LogP contribution is -2.08. The highest BCUT2D eigenvalue weighted by molar-refractivity contribution is 5.38. The number of hydrogen-bond acceptors (Lipinski definition) is 3. The Kier molecular flexibility index (Phi) is 5.45. The maximum Gasteiger partial charge on any atom is 0.124 e. The molecule has 2 N–H and O–H groups in total. The average Bonchev–Trinajstić information content (AvgIpc) is 2.27. The van der Waals surface area contributed by atoms with Gasteiger partial charge >= 0.3 is 0 Å². The van der Waals surface area contributed by atoms with Crippen LogP contribution in [0.3, 0.4) is 0 Å². The van der Waals surface area contributed by atoms with E-state index in [0.717, 1.165) is 16.9 Å². The lowest BCUT2D eigenvalue weighted by molar-refractivity contribution is 0.0641. The van der Waals surface area contributed by atoms with E-state index in [1.54, 1.807) is 0 Å². The molecule has 0 aliphatic carbocycles. The van der Waals surface area contributed by atoms with Gasteiger partial charge in [0.1, 0.15) is 5.75 Å². The normalized spacial score (nSPS) is 12.8. The van der Waals surface area contributed by atoms with Crippen molar-refractivity contribution >= 4 is 0 Å². The van der Waals surface area contributed by atoms with Gasteiger partial charge in [-0.1, -0.05) is 6.07 Å². The van der Waals surface area contributed by atoms with Crippen LogP contribution in [0.25, 0.3) is 0 Å². The molecule has 1 unspecified atom stereocenters. The predicted molar refractivity (Wildman–Crippen MR) is 70.1 cm³/mol. The minimum atomic E-state index is 0.0310. The summed E-state index contributed by atoms with van der Waals surface area (Å²) in [7, 11) is 0. The molecule has 0 aliphatic rings. The fourth-order valence-corrected chi connectivity index (χ4v) is 1.55. The predicted octanol–water partition coefficient (Wildman–Crippen LogP) is 3.03. The third-order valence-corrected chi connectivity index (χ3v) is 2.48. The number of hydrogen-bond donors (Lipinski definition) is 1. The molecule has 0 saturated carbocycles. The van der Waals surface area contributed by atoms with Gasteiger partial charge in [-0.2, -0.15) is 0 Å². The van der Waals surface area contributed by atoms with Crippen LogP contribution in [0.15, 0.2) is 18.2 Å². The average molecular weight is 237 g/mol. The summed E-state index contributed by atoms with van der Waals surface area (Å²) in [5.41, 5.74) is 8.05. The van der Waals surface area contributed by atoms with Crippen molar-refractivity contribution in [1.29, 1.82) is 0 Å². The van der Waals surface area contributed by atoms with E-state index in [-0.39, 0.29) is 12.1 Å². The first-order valence-electron chi connectivity index (χ1n) is 6.17. The van der Waals surface area contributed by atoms with Gasteiger partial charge in [-0.3, -0.25) is 0 Å². The topological polar surface area (TPSA) is 44.5 Å². The Hall–Kier alpha value is -1.06. The third-order valence-electron chi connectivity index (χ3n) is 2.48. The summed E-state index contributed by atoms with van der Waals surface area (Å²) in [5, 5.41) is 0. The van der Waals surface area contributed by atoms with Crippen molar-refractivity contribution in [1.82, 2.24) is 0 Å². The van der Waals surface area contributed by atoms with Crippen LogP contribution in [0, 0.1) is 0 Å². The highest BCUT2D eigenvalue weighted by Gasteiger charge is 2.08. The lowest BCUT2D eigenvalue weighted by atomic mass is 10.1. The molecule has 3 nitrogen and oxygen atoms in total. The molecule has 0 aromatic heterocycles. The minimum absolute atomic E-state index is 0.0310.